The minimum absolute atomic E-state index is 0.202. The minimum Gasteiger partial charge on any atom is -0.452 e. The SMILES string of the molecule is Cc1ccccc1C(=O)Oc1cc(C)c2c(c1)O/C(=C\c1cccc(Cl)c1)C2=O. The van der Waals surface area contributed by atoms with Gasteiger partial charge in [0.15, 0.2) is 5.76 Å². The second-order valence-corrected chi connectivity index (χ2v) is 7.25. The summed E-state index contributed by atoms with van der Waals surface area (Å²) in [5.41, 5.74) is 3.22. The summed E-state index contributed by atoms with van der Waals surface area (Å²) >= 11 is 6.01. The van der Waals surface area contributed by atoms with Crippen molar-refractivity contribution in [2.75, 3.05) is 0 Å². The number of allylic oxidation sites excluding steroid dienone is 1. The van der Waals surface area contributed by atoms with Crippen LogP contribution in [0.3, 0.4) is 0 Å². The van der Waals surface area contributed by atoms with Crippen LogP contribution in [0.25, 0.3) is 6.08 Å². The monoisotopic (exact) mass is 404 g/mol. The maximum Gasteiger partial charge on any atom is 0.343 e. The van der Waals surface area contributed by atoms with Gasteiger partial charge in [-0.25, -0.2) is 4.79 Å². The van der Waals surface area contributed by atoms with Gasteiger partial charge in [0.25, 0.3) is 0 Å². The normalized spacial score (nSPS) is 13.9. The number of hydrogen-bond acceptors (Lipinski definition) is 4. The molecule has 1 aliphatic heterocycles. The third-order valence-electron chi connectivity index (χ3n) is 4.67. The molecule has 0 atom stereocenters. The number of benzene rings is 3. The number of ether oxygens (including phenoxy) is 2. The van der Waals surface area contributed by atoms with Crippen LogP contribution in [0.2, 0.25) is 5.02 Å². The third kappa shape index (κ3) is 3.80. The molecule has 0 spiro atoms. The number of carbonyl (C=O) groups excluding carboxylic acids is 2. The van der Waals surface area contributed by atoms with Gasteiger partial charge in [-0.05, 0) is 60.9 Å². The van der Waals surface area contributed by atoms with Crippen LogP contribution < -0.4 is 9.47 Å². The average Bonchev–Trinajstić information content (AvgIpc) is 2.97. The van der Waals surface area contributed by atoms with Gasteiger partial charge in [-0.15, -0.1) is 0 Å². The molecule has 1 heterocycles. The fourth-order valence-electron chi connectivity index (χ4n) is 3.25. The standard InChI is InChI=1S/C24H17ClO4/c1-14-6-3-4-9-19(14)24(27)28-18-10-15(2)22-20(13-18)29-21(23(22)26)12-16-7-5-8-17(25)11-16/h3-13H,1-2H3/b21-12-. The average molecular weight is 405 g/mol. The molecule has 0 radical (unpaired) electrons. The Balaban J connectivity index is 1.63. The predicted molar refractivity (Wildman–Crippen MR) is 112 cm³/mol. The maximum atomic E-state index is 12.8. The first-order valence-corrected chi connectivity index (χ1v) is 9.42. The van der Waals surface area contributed by atoms with Crippen molar-refractivity contribution >= 4 is 29.4 Å². The lowest BCUT2D eigenvalue weighted by Gasteiger charge is -2.09. The number of rotatable bonds is 3. The zero-order valence-electron chi connectivity index (χ0n) is 15.9. The summed E-state index contributed by atoms with van der Waals surface area (Å²) < 4.78 is 11.3. The lowest BCUT2D eigenvalue weighted by atomic mass is 10.0. The molecule has 0 N–H and O–H groups in total. The number of fused-ring (bicyclic) bond motifs is 1. The van der Waals surface area contributed by atoms with Crippen molar-refractivity contribution in [1.82, 2.24) is 0 Å². The van der Waals surface area contributed by atoms with E-state index in [2.05, 4.69) is 0 Å². The Morgan fingerprint density at radius 1 is 1.00 bits per heavy atom. The van der Waals surface area contributed by atoms with Gasteiger partial charge in [0.1, 0.15) is 11.5 Å². The van der Waals surface area contributed by atoms with E-state index in [9.17, 15) is 9.59 Å². The van der Waals surface area contributed by atoms with E-state index in [4.69, 9.17) is 21.1 Å². The number of Topliss-reactive ketones (excluding diaryl/α,β-unsaturated/α-hetero) is 1. The molecule has 3 aromatic carbocycles. The van der Waals surface area contributed by atoms with Gasteiger partial charge >= 0.3 is 5.97 Å². The van der Waals surface area contributed by atoms with E-state index in [1.807, 2.05) is 25.1 Å². The van der Waals surface area contributed by atoms with Crippen LogP contribution in [0, 0.1) is 13.8 Å². The van der Waals surface area contributed by atoms with Gasteiger partial charge in [0.2, 0.25) is 5.78 Å². The topological polar surface area (TPSA) is 52.6 Å². The lowest BCUT2D eigenvalue weighted by Crippen LogP contribution is -2.10. The highest BCUT2D eigenvalue weighted by Gasteiger charge is 2.30. The fraction of sp³-hybridized carbons (Fsp3) is 0.0833. The van der Waals surface area contributed by atoms with E-state index >= 15 is 0 Å². The summed E-state index contributed by atoms with van der Waals surface area (Å²) in [6.07, 6.45) is 1.65. The van der Waals surface area contributed by atoms with Crippen LogP contribution in [0.1, 0.15) is 37.4 Å². The third-order valence-corrected chi connectivity index (χ3v) is 4.90. The largest absolute Gasteiger partial charge is 0.452 e. The Bertz CT molecular complexity index is 1180. The van der Waals surface area contributed by atoms with E-state index in [1.165, 1.54) is 0 Å². The molecule has 0 bridgehead atoms. The molecule has 29 heavy (non-hydrogen) atoms. The molecule has 0 fully saturated rings. The molecule has 0 aromatic heterocycles. The molecule has 3 aromatic rings. The Labute approximate surface area is 173 Å². The molecule has 0 amide bonds. The van der Waals surface area contributed by atoms with Crippen LogP contribution in [0.5, 0.6) is 11.5 Å². The molecule has 4 rings (SSSR count). The molecule has 1 aliphatic rings. The number of carbonyl (C=O) groups is 2. The molecule has 0 unspecified atom stereocenters. The zero-order valence-corrected chi connectivity index (χ0v) is 16.6. The van der Waals surface area contributed by atoms with Crippen molar-refractivity contribution in [1.29, 1.82) is 0 Å². The molecule has 144 valence electrons. The first kappa shape index (κ1) is 19.0. The van der Waals surface area contributed by atoms with Gasteiger partial charge in [0, 0.05) is 11.1 Å². The van der Waals surface area contributed by atoms with Crippen LogP contribution >= 0.6 is 11.6 Å². The van der Waals surface area contributed by atoms with Crippen LogP contribution in [-0.4, -0.2) is 11.8 Å². The van der Waals surface area contributed by atoms with Gasteiger partial charge in [-0.3, -0.25) is 4.79 Å². The highest BCUT2D eigenvalue weighted by Crippen LogP contribution is 2.37. The van der Waals surface area contributed by atoms with E-state index in [1.54, 1.807) is 55.5 Å². The Morgan fingerprint density at radius 2 is 1.79 bits per heavy atom. The molecule has 0 saturated carbocycles. The first-order valence-electron chi connectivity index (χ1n) is 9.04. The van der Waals surface area contributed by atoms with Gasteiger partial charge in [-0.2, -0.15) is 0 Å². The highest BCUT2D eigenvalue weighted by atomic mass is 35.5. The summed E-state index contributed by atoms with van der Waals surface area (Å²) in [5, 5.41) is 0.573. The first-order chi connectivity index (χ1) is 13.9. The Kier molecular flexibility index (Phi) is 4.95. The maximum absolute atomic E-state index is 12.8. The van der Waals surface area contributed by atoms with E-state index < -0.39 is 5.97 Å². The van der Waals surface area contributed by atoms with Crippen LogP contribution in [0.4, 0.5) is 0 Å². The van der Waals surface area contributed by atoms with Crippen molar-refractivity contribution in [3.63, 3.8) is 0 Å². The highest BCUT2D eigenvalue weighted by molar-refractivity contribution is 6.30. The predicted octanol–water partition coefficient (Wildman–Crippen LogP) is 5.79. The fourth-order valence-corrected chi connectivity index (χ4v) is 3.45. The zero-order chi connectivity index (χ0) is 20.5. The summed E-state index contributed by atoms with van der Waals surface area (Å²) in [6.45, 7) is 3.63. The minimum atomic E-state index is -0.457. The molecule has 0 saturated heterocycles. The molecule has 5 heteroatoms. The number of esters is 1. The Hall–Kier alpha value is -3.37. The van der Waals surface area contributed by atoms with Gasteiger partial charge in [-0.1, -0.05) is 41.9 Å². The van der Waals surface area contributed by atoms with Crippen molar-refractivity contribution in [2.45, 2.75) is 13.8 Å². The number of aryl methyl sites for hydroxylation is 2. The van der Waals surface area contributed by atoms with E-state index in [0.717, 1.165) is 11.1 Å². The summed E-state index contributed by atoms with van der Waals surface area (Å²) in [7, 11) is 0. The van der Waals surface area contributed by atoms with Crippen molar-refractivity contribution in [3.05, 3.63) is 99.3 Å². The smallest absolute Gasteiger partial charge is 0.343 e. The lowest BCUT2D eigenvalue weighted by molar-refractivity contribution is 0.0733. The van der Waals surface area contributed by atoms with E-state index in [0.29, 0.717) is 33.2 Å². The van der Waals surface area contributed by atoms with Crippen molar-refractivity contribution < 1.29 is 19.1 Å². The van der Waals surface area contributed by atoms with Crippen molar-refractivity contribution in [2.24, 2.45) is 0 Å². The second kappa shape index (κ2) is 7.57. The molecule has 0 aliphatic carbocycles. The van der Waals surface area contributed by atoms with Gasteiger partial charge < -0.3 is 9.47 Å². The van der Waals surface area contributed by atoms with Crippen LogP contribution in [0.15, 0.2) is 66.4 Å². The summed E-state index contributed by atoms with van der Waals surface area (Å²) in [4.78, 5) is 25.3. The van der Waals surface area contributed by atoms with E-state index in [-0.39, 0.29) is 11.5 Å². The van der Waals surface area contributed by atoms with Gasteiger partial charge in [0.05, 0.1) is 11.1 Å². The van der Waals surface area contributed by atoms with Crippen molar-refractivity contribution in [3.8, 4) is 11.5 Å². The number of halogens is 1. The number of ketones is 1. The number of hydrogen-bond donors (Lipinski definition) is 0. The molecule has 4 nitrogen and oxygen atoms in total. The quantitative estimate of drug-likeness (QED) is 0.315. The Morgan fingerprint density at radius 3 is 2.55 bits per heavy atom. The summed E-state index contributed by atoms with van der Waals surface area (Å²) in [5.74, 6) is 0.227. The molecular weight excluding hydrogens is 388 g/mol. The van der Waals surface area contributed by atoms with Crippen LogP contribution in [-0.2, 0) is 0 Å². The summed E-state index contributed by atoms with van der Waals surface area (Å²) in [6, 6.07) is 17.6. The molecular formula is C24H17ClO4. The second-order valence-electron chi connectivity index (χ2n) is 6.81.